The first-order valence-corrected chi connectivity index (χ1v) is 7.91. The van der Waals surface area contributed by atoms with Gasteiger partial charge in [0.25, 0.3) is 0 Å². The summed E-state index contributed by atoms with van der Waals surface area (Å²) in [6, 6.07) is 15.0. The lowest BCUT2D eigenvalue weighted by Gasteiger charge is -2.14. The lowest BCUT2D eigenvalue weighted by atomic mass is 10.1. The fourth-order valence-corrected chi connectivity index (χ4v) is 2.22. The number of carbonyl (C=O) groups excluding carboxylic acids is 1. The maximum absolute atomic E-state index is 11.8. The van der Waals surface area contributed by atoms with Crippen LogP contribution in [0.4, 0.5) is 10.6 Å². The van der Waals surface area contributed by atoms with E-state index in [0.717, 1.165) is 17.1 Å². The van der Waals surface area contributed by atoms with Gasteiger partial charge in [-0.25, -0.2) is 9.78 Å². The molecule has 0 bridgehead atoms. The summed E-state index contributed by atoms with van der Waals surface area (Å²) in [6.45, 7) is 0.536. The summed E-state index contributed by atoms with van der Waals surface area (Å²) in [5, 5.41) is 15.4. The second-order valence-corrected chi connectivity index (χ2v) is 5.79. The van der Waals surface area contributed by atoms with Gasteiger partial charge in [-0.05, 0) is 17.7 Å². The zero-order valence-electron chi connectivity index (χ0n) is 14.1. The number of carbonyl (C=O) groups is 1. The number of nitrogens with one attached hydrogen (secondary N) is 2. The Morgan fingerprint density at radius 1 is 1.12 bits per heavy atom. The maximum atomic E-state index is 11.8. The molecule has 0 aliphatic rings. The van der Waals surface area contributed by atoms with Gasteiger partial charge in [-0.1, -0.05) is 36.4 Å². The average Bonchev–Trinajstić information content (AvgIpc) is 2.59. The number of hydrogen-bond acceptors (Lipinski definition) is 4. The number of aliphatic hydroxyl groups excluding tert-OH is 1. The Hall–Kier alpha value is -2.60. The first kappa shape index (κ1) is 17.7. The lowest BCUT2D eigenvalue weighted by Crippen LogP contribution is -2.40. The van der Waals surface area contributed by atoms with Crippen LogP contribution in [0.2, 0.25) is 0 Å². The average molecular weight is 328 g/mol. The molecule has 1 atom stereocenters. The SMILES string of the molecule is CN(C)c1cccc(CNC(=O)NCC(O)Cc2ccccc2)n1. The molecule has 1 aromatic carbocycles. The van der Waals surface area contributed by atoms with Crippen LogP contribution in [0.3, 0.4) is 0 Å². The van der Waals surface area contributed by atoms with E-state index >= 15 is 0 Å². The molecule has 0 aliphatic heterocycles. The standard InChI is InChI=1S/C18H24N4O2/c1-22(2)17-10-6-9-15(21-17)12-19-18(24)20-13-16(23)11-14-7-4-3-5-8-14/h3-10,16,23H,11-13H2,1-2H3,(H2,19,20,24). The third kappa shape index (κ3) is 5.89. The number of benzene rings is 1. The monoisotopic (exact) mass is 328 g/mol. The van der Waals surface area contributed by atoms with Crippen LogP contribution >= 0.6 is 0 Å². The number of amides is 2. The van der Waals surface area contributed by atoms with Crippen molar-refractivity contribution in [2.75, 3.05) is 25.5 Å². The number of hydrogen-bond donors (Lipinski definition) is 3. The summed E-state index contributed by atoms with van der Waals surface area (Å²) in [7, 11) is 3.83. The van der Waals surface area contributed by atoms with Gasteiger partial charge >= 0.3 is 6.03 Å². The van der Waals surface area contributed by atoms with E-state index in [-0.39, 0.29) is 12.6 Å². The predicted octanol–water partition coefficient (Wildman–Crippen LogP) is 1.55. The minimum Gasteiger partial charge on any atom is -0.391 e. The molecule has 1 heterocycles. The highest BCUT2D eigenvalue weighted by Gasteiger charge is 2.08. The first-order valence-electron chi connectivity index (χ1n) is 7.91. The van der Waals surface area contributed by atoms with Crippen LogP contribution in [-0.2, 0) is 13.0 Å². The highest BCUT2D eigenvalue weighted by molar-refractivity contribution is 5.73. The Balaban J connectivity index is 1.72. The normalized spacial score (nSPS) is 11.6. The number of anilines is 1. The Labute approximate surface area is 142 Å². The van der Waals surface area contributed by atoms with Gasteiger partial charge < -0.3 is 20.6 Å². The molecule has 0 fully saturated rings. The number of nitrogens with zero attached hydrogens (tertiary/aromatic N) is 2. The molecule has 6 heteroatoms. The molecule has 0 saturated carbocycles. The number of urea groups is 1. The van der Waals surface area contributed by atoms with Crippen LogP contribution < -0.4 is 15.5 Å². The molecule has 6 nitrogen and oxygen atoms in total. The molecule has 0 aliphatic carbocycles. The Kier molecular flexibility index (Phi) is 6.57. The third-order valence-corrected chi connectivity index (χ3v) is 3.49. The van der Waals surface area contributed by atoms with Gasteiger partial charge in [0.05, 0.1) is 18.3 Å². The second-order valence-electron chi connectivity index (χ2n) is 5.79. The minimum atomic E-state index is -0.617. The van der Waals surface area contributed by atoms with Crippen molar-refractivity contribution in [2.45, 2.75) is 19.1 Å². The van der Waals surface area contributed by atoms with Crippen molar-refractivity contribution in [1.82, 2.24) is 15.6 Å². The number of aliphatic hydroxyl groups is 1. The largest absolute Gasteiger partial charge is 0.391 e. The molecule has 2 amide bonds. The van der Waals surface area contributed by atoms with Gasteiger partial charge in [0.1, 0.15) is 5.82 Å². The van der Waals surface area contributed by atoms with Gasteiger partial charge in [0.15, 0.2) is 0 Å². The zero-order chi connectivity index (χ0) is 17.4. The van der Waals surface area contributed by atoms with E-state index in [0.29, 0.717) is 13.0 Å². The van der Waals surface area contributed by atoms with Gasteiger partial charge in [0.2, 0.25) is 0 Å². The van der Waals surface area contributed by atoms with E-state index in [1.54, 1.807) is 0 Å². The molecule has 24 heavy (non-hydrogen) atoms. The summed E-state index contributed by atoms with van der Waals surface area (Å²) in [5.74, 6) is 0.841. The van der Waals surface area contributed by atoms with E-state index in [1.807, 2.05) is 67.5 Å². The summed E-state index contributed by atoms with van der Waals surface area (Å²) >= 11 is 0. The third-order valence-electron chi connectivity index (χ3n) is 3.49. The molecule has 2 aromatic rings. The fourth-order valence-electron chi connectivity index (χ4n) is 2.22. The quantitative estimate of drug-likeness (QED) is 0.721. The van der Waals surface area contributed by atoms with Crippen molar-refractivity contribution in [3.8, 4) is 0 Å². The van der Waals surface area contributed by atoms with Gasteiger partial charge in [0, 0.05) is 27.1 Å². The van der Waals surface area contributed by atoms with Crippen LogP contribution in [0.25, 0.3) is 0 Å². The summed E-state index contributed by atoms with van der Waals surface area (Å²) in [6.07, 6.45) is -0.110. The van der Waals surface area contributed by atoms with Crippen LogP contribution in [0.15, 0.2) is 48.5 Å². The predicted molar refractivity (Wildman–Crippen MR) is 95.0 cm³/mol. The smallest absolute Gasteiger partial charge is 0.315 e. The molecule has 1 aromatic heterocycles. The van der Waals surface area contributed by atoms with Crippen molar-refractivity contribution >= 4 is 11.8 Å². The summed E-state index contributed by atoms with van der Waals surface area (Å²) in [5.41, 5.74) is 1.82. The molecule has 128 valence electrons. The van der Waals surface area contributed by atoms with Crippen molar-refractivity contribution in [1.29, 1.82) is 0 Å². The number of aromatic nitrogens is 1. The molecule has 1 unspecified atom stereocenters. The molecule has 3 N–H and O–H groups in total. The first-order chi connectivity index (χ1) is 11.5. The van der Waals surface area contributed by atoms with Crippen LogP contribution in [0.5, 0.6) is 0 Å². The van der Waals surface area contributed by atoms with Crippen molar-refractivity contribution in [3.63, 3.8) is 0 Å². The van der Waals surface area contributed by atoms with Crippen LogP contribution in [-0.4, -0.2) is 42.9 Å². The van der Waals surface area contributed by atoms with Crippen molar-refractivity contribution in [3.05, 3.63) is 59.8 Å². The molecule has 0 saturated heterocycles. The topological polar surface area (TPSA) is 77.5 Å². The number of rotatable bonds is 7. The summed E-state index contributed by atoms with van der Waals surface area (Å²) in [4.78, 5) is 18.2. The minimum absolute atomic E-state index is 0.200. The molecule has 0 radical (unpaired) electrons. The van der Waals surface area contributed by atoms with Gasteiger partial charge in [-0.3, -0.25) is 0 Å². The van der Waals surface area contributed by atoms with Gasteiger partial charge in [-0.15, -0.1) is 0 Å². The summed E-state index contributed by atoms with van der Waals surface area (Å²) < 4.78 is 0. The van der Waals surface area contributed by atoms with Crippen LogP contribution in [0, 0.1) is 0 Å². The van der Waals surface area contributed by atoms with Crippen molar-refractivity contribution < 1.29 is 9.90 Å². The van der Waals surface area contributed by atoms with E-state index in [4.69, 9.17) is 0 Å². The lowest BCUT2D eigenvalue weighted by molar-refractivity contribution is 0.170. The fraction of sp³-hybridized carbons (Fsp3) is 0.333. The van der Waals surface area contributed by atoms with E-state index in [9.17, 15) is 9.90 Å². The number of pyridine rings is 1. The zero-order valence-corrected chi connectivity index (χ0v) is 14.1. The molecular weight excluding hydrogens is 304 g/mol. The van der Waals surface area contributed by atoms with Crippen LogP contribution in [0.1, 0.15) is 11.3 Å². The van der Waals surface area contributed by atoms with Gasteiger partial charge in [-0.2, -0.15) is 0 Å². The van der Waals surface area contributed by atoms with E-state index in [1.165, 1.54) is 0 Å². The maximum Gasteiger partial charge on any atom is 0.315 e. The Morgan fingerprint density at radius 2 is 1.88 bits per heavy atom. The second kappa shape index (κ2) is 8.88. The Bertz CT molecular complexity index is 646. The molecule has 0 spiro atoms. The highest BCUT2D eigenvalue weighted by atomic mass is 16.3. The van der Waals surface area contributed by atoms with E-state index < -0.39 is 6.10 Å². The van der Waals surface area contributed by atoms with Crippen molar-refractivity contribution in [2.24, 2.45) is 0 Å². The highest BCUT2D eigenvalue weighted by Crippen LogP contribution is 2.07. The molecule has 2 rings (SSSR count). The molecular formula is C18H24N4O2. The Morgan fingerprint density at radius 3 is 2.58 bits per heavy atom. The van der Waals surface area contributed by atoms with E-state index in [2.05, 4.69) is 15.6 Å².